The van der Waals surface area contributed by atoms with E-state index in [4.69, 9.17) is 0 Å². The largest absolute Gasteiger partial charge is 0.339 e. The van der Waals surface area contributed by atoms with Gasteiger partial charge in [0.1, 0.15) is 5.82 Å². The zero-order valence-electron chi connectivity index (χ0n) is 17.8. The van der Waals surface area contributed by atoms with Gasteiger partial charge in [-0.2, -0.15) is 0 Å². The van der Waals surface area contributed by atoms with Crippen molar-refractivity contribution >= 4 is 17.5 Å². The highest BCUT2D eigenvalue weighted by Crippen LogP contribution is 2.28. The topological polar surface area (TPSA) is 74.3 Å². The Hall–Kier alpha value is -3.58. The molecule has 1 aliphatic rings. The summed E-state index contributed by atoms with van der Waals surface area (Å²) in [6, 6.07) is 15.9. The molecule has 0 radical (unpaired) electrons. The molecule has 2 amide bonds. The summed E-state index contributed by atoms with van der Waals surface area (Å²) < 4.78 is 13.8. The van der Waals surface area contributed by atoms with Gasteiger partial charge in [-0.05, 0) is 59.5 Å². The minimum atomic E-state index is -0.295. The maximum atomic E-state index is 13.8. The Morgan fingerprint density at radius 3 is 2.69 bits per heavy atom. The highest BCUT2D eigenvalue weighted by Gasteiger charge is 2.23. The van der Waals surface area contributed by atoms with E-state index >= 15 is 0 Å². The van der Waals surface area contributed by atoms with Crippen LogP contribution in [0.1, 0.15) is 46.4 Å². The van der Waals surface area contributed by atoms with Crippen molar-refractivity contribution in [3.8, 4) is 0 Å². The summed E-state index contributed by atoms with van der Waals surface area (Å²) in [5.41, 5.74) is 4.12. The summed E-state index contributed by atoms with van der Waals surface area (Å²) in [4.78, 5) is 29.9. The second kappa shape index (κ2) is 9.70. The van der Waals surface area contributed by atoms with Crippen LogP contribution in [0.5, 0.6) is 0 Å². The number of benzene rings is 2. The zero-order chi connectivity index (χ0) is 22.5. The number of fused-ring (bicyclic) bond motifs is 1. The van der Waals surface area contributed by atoms with E-state index in [0.717, 1.165) is 23.1 Å². The number of aromatic nitrogens is 1. The Labute approximate surface area is 186 Å². The molecule has 3 aromatic rings. The van der Waals surface area contributed by atoms with Gasteiger partial charge in [0.05, 0.1) is 5.56 Å². The third kappa shape index (κ3) is 5.18. The molecule has 32 heavy (non-hydrogen) atoms. The van der Waals surface area contributed by atoms with Gasteiger partial charge in [0, 0.05) is 50.7 Å². The Kier molecular flexibility index (Phi) is 6.56. The smallest absolute Gasteiger partial charge is 0.257 e. The molecule has 4 rings (SSSR count). The molecule has 0 bridgehead atoms. The van der Waals surface area contributed by atoms with E-state index in [-0.39, 0.29) is 23.7 Å². The molecule has 0 spiro atoms. The Morgan fingerprint density at radius 2 is 1.97 bits per heavy atom. The lowest BCUT2D eigenvalue weighted by Gasteiger charge is -2.20. The van der Waals surface area contributed by atoms with Gasteiger partial charge in [0.25, 0.3) is 5.91 Å². The molecule has 1 atom stereocenters. The summed E-state index contributed by atoms with van der Waals surface area (Å²) in [5.74, 6) is -0.511. The van der Waals surface area contributed by atoms with Crippen LogP contribution < -0.4 is 10.6 Å². The average molecular weight is 432 g/mol. The zero-order valence-corrected chi connectivity index (χ0v) is 17.8. The van der Waals surface area contributed by atoms with Crippen molar-refractivity contribution in [3.63, 3.8) is 0 Å². The lowest BCUT2D eigenvalue weighted by atomic mass is 9.99. The summed E-state index contributed by atoms with van der Waals surface area (Å²) in [7, 11) is 0. The van der Waals surface area contributed by atoms with Crippen molar-refractivity contribution in [2.24, 2.45) is 0 Å². The highest BCUT2D eigenvalue weighted by molar-refractivity contribution is 6.03. The molecular weight excluding hydrogens is 407 g/mol. The van der Waals surface area contributed by atoms with Gasteiger partial charge in [-0.3, -0.25) is 14.6 Å². The third-order valence-electron chi connectivity index (χ3n) is 5.66. The fourth-order valence-electron chi connectivity index (χ4n) is 3.90. The fraction of sp³-hybridized carbons (Fsp3) is 0.240. The summed E-state index contributed by atoms with van der Waals surface area (Å²) in [6.45, 7) is 3.19. The number of hydrogen-bond acceptors (Lipinski definition) is 4. The average Bonchev–Trinajstić information content (AvgIpc) is 2.98. The number of nitrogens with one attached hydrogen (secondary N) is 2. The molecule has 1 aliphatic heterocycles. The molecule has 7 heteroatoms. The molecule has 0 unspecified atom stereocenters. The Balaban J connectivity index is 1.41. The van der Waals surface area contributed by atoms with Crippen LogP contribution in [0.3, 0.4) is 0 Å². The van der Waals surface area contributed by atoms with Gasteiger partial charge >= 0.3 is 0 Å². The van der Waals surface area contributed by atoms with Crippen molar-refractivity contribution in [1.29, 1.82) is 0 Å². The van der Waals surface area contributed by atoms with Crippen LogP contribution in [0.15, 0.2) is 67.0 Å². The second-order valence-electron chi connectivity index (χ2n) is 7.90. The predicted octanol–water partition coefficient (Wildman–Crippen LogP) is 4.06. The fourth-order valence-corrected chi connectivity index (χ4v) is 3.90. The number of carbonyl (C=O) groups excluding carboxylic acids is 2. The third-order valence-corrected chi connectivity index (χ3v) is 5.66. The van der Waals surface area contributed by atoms with Crippen LogP contribution in [0.25, 0.3) is 0 Å². The van der Waals surface area contributed by atoms with Crippen molar-refractivity contribution < 1.29 is 14.0 Å². The minimum absolute atomic E-state index is 0.00946. The summed E-state index contributed by atoms with van der Waals surface area (Å²) in [5, 5.41) is 6.40. The van der Waals surface area contributed by atoms with E-state index < -0.39 is 0 Å². The van der Waals surface area contributed by atoms with E-state index in [0.29, 0.717) is 30.9 Å². The number of halogens is 1. The summed E-state index contributed by atoms with van der Waals surface area (Å²) in [6.07, 6.45) is 3.90. The Morgan fingerprint density at radius 1 is 1.16 bits per heavy atom. The van der Waals surface area contributed by atoms with Crippen molar-refractivity contribution in [1.82, 2.24) is 15.2 Å². The van der Waals surface area contributed by atoms with Gasteiger partial charge in [0.2, 0.25) is 5.91 Å². The number of anilines is 1. The molecule has 2 aromatic carbocycles. The van der Waals surface area contributed by atoms with E-state index in [1.165, 1.54) is 18.3 Å². The lowest BCUT2D eigenvalue weighted by molar-refractivity contribution is -0.129. The first-order valence-corrected chi connectivity index (χ1v) is 10.6. The number of hydrogen-bond donors (Lipinski definition) is 2. The molecule has 0 saturated carbocycles. The van der Waals surface area contributed by atoms with Gasteiger partial charge in [0.15, 0.2) is 0 Å². The van der Waals surface area contributed by atoms with Crippen molar-refractivity contribution in [2.45, 2.75) is 32.5 Å². The SMILES string of the molecule is CC(=O)N1CC[C@@H](NCc2ccc(NC(=O)c3cccnc3)cc2)c2ccc(F)cc2C1. The van der Waals surface area contributed by atoms with E-state index in [2.05, 4.69) is 15.6 Å². The van der Waals surface area contributed by atoms with Crippen LogP contribution in [-0.2, 0) is 17.9 Å². The van der Waals surface area contributed by atoms with E-state index in [9.17, 15) is 14.0 Å². The standard InChI is InChI=1S/C25H25FN4O2/c1-17(31)30-12-10-24(23-9-6-21(26)13-20(23)16-30)28-14-18-4-7-22(8-5-18)29-25(32)19-3-2-11-27-15-19/h2-9,11,13,15,24,28H,10,12,14,16H2,1H3,(H,29,32)/t24-/m1/s1. The number of amides is 2. The van der Waals surface area contributed by atoms with Gasteiger partial charge in [-0.15, -0.1) is 0 Å². The quantitative estimate of drug-likeness (QED) is 0.638. The molecule has 0 fully saturated rings. The van der Waals surface area contributed by atoms with Gasteiger partial charge in [-0.1, -0.05) is 18.2 Å². The molecular formula is C25H25FN4O2. The monoisotopic (exact) mass is 432 g/mol. The number of pyridine rings is 1. The van der Waals surface area contributed by atoms with Crippen molar-refractivity contribution in [3.05, 3.63) is 95.1 Å². The van der Waals surface area contributed by atoms with Crippen LogP contribution in [-0.4, -0.2) is 28.2 Å². The van der Waals surface area contributed by atoms with Crippen LogP contribution in [0.2, 0.25) is 0 Å². The normalized spacial score (nSPS) is 15.6. The maximum absolute atomic E-state index is 13.8. The predicted molar refractivity (Wildman–Crippen MR) is 120 cm³/mol. The second-order valence-corrected chi connectivity index (χ2v) is 7.90. The maximum Gasteiger partial charge on any atom is 0.257 e. The molecule has 2 heterocycles. The van der Waals surface area contributed by atoms with E-state index in [1.807, 2.05) is 30.3 Å². The molecule has 6 nitrogen and oxygen atoms in total. The Bertz CT molecular complexity index is 1100. The molecule has 0 aliphatic carbocycles. The number of rotatable bonds is 5. The lowest BCUT2D eigenvalue weighted by Crippen LogP contribution is -2.29. The number of nitrogens with zero attached hydrogens (tertiary/aromatic N) is 2. The van der Waals surface area contributed by atoms with E-state index in [1.54, 1.807) is 30.2 Å². The van der Waals surface area contributed by atoms with Gasteiger partial charge < -0.3 is 15.5 Å². The first-order valence-electron chi connectivity index (χ1n) is 10.6. The molecule has 2 N–H and O–H groups in total. The van der Waals surface area contributed by atoms with Crippen LogP contribution >= 0.6 is 0 Å². The van der Waals surface area contributed by atoms with Crippen molar-refractivity contribution in [2.75, 3.05) is 11.9 Å². The first-order chi connectivity index (χ1) is 15.5. The van der Waals surface area contributed by atoms with Crippen LogP contribution in [0, 0.1) is 5.82 Å². The van der Waals surface area contributed by atoms with Gasteiger partial charge in [-0.25, -0.2) is 4.39 Å². The molecule has 1 aromatic heterocycles. The highest BCUT2D eigenvalue weighted by atomic mass is 19.1. The summed E-state index contributed by atoms with van der Waals surface area (Å²) >= 11 is 0. The first kappa shape index (κ1) is 21.6. The molecule has 164 valence electrons. The number of carbonyl (C=O) groups is 2. The molecule has 0 saturated heterocycles. The minimum Gasteiger partial charge on any atom is -0.339 e. The van der Waals surface area contributed by atoms with Crippen LogP contribution in [0.4, 0.5) is 10.1 Å².